The van der Waals surface area contributed by atoms with Gasteiger partial charge >= 0.3 is 11.9 Å². The Labute approximate surface area is 142 Å². The molecule has 4 atom stereocenters. The monoisotopic (exact) mass is 338 g/mol. The van der Waals surface area contributed by atoms with Crippen molar-refractivity contribution in [1.82, 2.24) is 0 Å². The van der Waals surface area contributed by atoms with E-state index in [1.165, 1.54) is 18.2 Å². The molecule has 0 bridgehead atoms. The molecule has 2 N–H and O–H groups in total. The second-order valence-electron chi connectivity index (χ2n) is 5.56. The molecule has 1 heterocycles. The first-order valence-corrected chi connectivity index (χ1v) is 8.22. The third kappa shape index (κ3) is 6.68. The molecular weight excluding hydrogens is 312 g/mol. The number of aliphatic hydroxyl groups is 2. The zero-order chi connectivity index (χ0) is 17.9. The largest absolute Gasteiger partial charge is 0.457 e. The van der Waals surface area contributed by atoms with E-state index in [0.717, 1.165) is 0 Å². The lowest BCUT2D eigenvalue weighted by atomic mass is 10.0. The molecule has 0 amide bonds. The van der Waals surface area contributed by atoms with Gasteiger partial charge in [0.05, 0.1) is 0 Å². The van der Waals surface area contributed by atoms with E-state index in [4.69, 9.17) is 9.47 Å². The van der Waals surface area contributed by atoms with E-state index < -0.39 is 36.4 Å². The highest BCUT2D eigenvalue weighted by molar-refractivity contribution is 5.85. The Morgan fingerprint density at radius 1 is 1.42 bits per heavy atom. The van der Waals surface area contributed by atoms with Gasteiger partial charge in [0.25, 0.3) is 0 Å². The SMILES string of the molecule is C/C=C/C=C\C(=O)O[C@@H]1CC/C=C/[C@H](O)[C@H](O)[C@@H](CCC)OC1=O. The minimum atomic E-state index is -1.21. The van der Waals surface area contributed by atoms with Gasteiger partial charge in [0.15, 0.2) is 6.10 Å². The van der Waals surface area contributed by atoms with Crippen molar-refractivity contribution >= 4 is 11.9 Å². The summed E-state index contributed by atoms with van der Waals surface area (Å²) in [7, 11) is 0. The fraction of sp³-hybridized carbons (Fsp3) is 0.556. The first-order chi connectivity index (χ1) is 11.5. The van der Waals surface area contributed by atoms with Crippen LogP contribution in [0.2, 0.25) is 0 Å². The summed E-state index contributed by atoms with van der Waals surface area (Å²) < 4.78 is 10.4. The summed E-state index contributed by atoms with van der Waals surface area (Å²) in [5, 5.41) is 20.0. The van der Waals surface area contributed by atoms with E-state index in [2.05, 4.69) is 0 Å². The van der Waals surface area contributed by atoms with Crippen molar-refractivity contribution in [3.8, 4) is 0 Å². The molecule has 6 nitrogen and oxygen atoms in total. The van der Waals surface area contributed by atoms with Gasteiger partial charge in [-0.05, 0) is 26.2 Å². The highest BCUT2D eigenvalue weighted by Crippen LogP contribution is 2.17. The summed E-state index contributed by atoms with van der Waals surface area (Å²) in [4.78, 5) is 24.0. The van der Waals surface area contributed by atoms with E-state index in [-0.39, 0.29) is 6.42 Å². The Balaban J connectivity index is 2.84. The van der Waals surface area contributed by atoms with Crippen molar-refractivity contribution < 1.29 is 29.3 Å². The van der Waals surface area contributed by atoms with Crippen LogP contribution < -0.4 is 0 Å². The van der Waals surface area contributed by atoms with Crippen LogP contribution in [-0.4, -0.2) is 46.6 Å². The number of esters is 2. The highest BCUT2D eigenvalue weighted by Gasteiger charge is 2.32. The van der Waals surface area contributed by atoms with Crippen LogP contribution in [0.15, 0.2) is 36.5 Å². The minimum absolute atomic E-state index is 0.250. The van der Waals surface area contributed by atoms with Gasteiger partial charge in [-0.3, -0.25) is 0 Å². The first-order valence-electron chi connectivity index (χ1n) is 8.22. The van der Waals surface area contributed by atoms with E-state index in [0.29, 0.717) is 19.3 Å². The molecule has 0 aromatic heterocycles. The molecule has 0 spiro atoms. The number of aliphatic hydroxyl groups excluding tert-OH is 2. The quantitative estimate of drug-likeness (QED) is 0.344. The molecule has 1 aliphatic rings. The Bertz CT molecular complexity index is 494. The average Bonchev–Trinajstić information content (AvgIpc) is 2.55. The Kier molecular flexibility index (Phi) is 9.04. The fourth-order valence-electron chi connectivity index (χ4n) is 2.28. The highest BCUT2D eigenvalue weighted by atomic mass is 16.6. The zero-order valence-corrected chi connectivity index (χ0v) is 14.1. The van der Waals surface area contributed by atoms with Crippen LogP contribution in [0.25, 0.3) is 0 Å². The van der Waals surface area contributed by atoms with Gasteiger partial charge in [0, 0.05) is 6.08 Å². The van der Waals surface area contributed by atoms with E-state index in [1.54, 1.807) is 18.2 Å². The third-order valence-corrected chi connectivity index (χ3v) is 3.56. The number of ether oxygens (including phenoxy) is 2. The van der Waals surface area contributed by atoms with Crippen LogP contribution in [0.1, 0.15) is 39.5 Å². The van der Waals surface area contributed by atoms with E-state index >= 15 is 0 Å². The number of allylic oxidation sites excluding steroid dienone is 4. The number of rotatable bonds is 5. The maximum absolute atomic E-state index is 12.3. The molecule has 0 saturated carbocycles. The van der Waals surface area contributed by atoms with E-state index in [1.807, 2.05) is 13.8 Å². The normalized spacial score (nSPS) is 30.2. The van der Waals surface area contributed by atoms with Gasteiger partial charge in [-0.25, -0.2) is 9.59 Å². The molecule has 6 heteroatoms. The first kappa shape index (κ1) is 20.1. The number of hydrogen-bond donors (Lipinski definition) is 2. The van der Waals surface area contributed by atoms with Crippen LogP contribution in [-0.2, 0) is 19.1 Å². The lowest BCUT2D eigenvalue weighted by molar-refractivity contribution is -0.176. The van der Waals surface area contributed by atoms with Crippen molar-refractivity contribution in [2.24, 2.45) is 0 Å². The number of carbonyl (C=O) groups excluding carboxylic acids is 2. The van der Waals surface area contributed by atoms with Gasteiger partial charge in [-0.1, -0.05) is 43.7 Å². The molecule has 0 fully saturated rings. The molecule has 24 heavy (non-hydrogen) atoms. The van der Waals surface area contributed by atoms with Crippen molar-refractivity contribution in [1.29, 1.82) is 0 Å². The third-order valence-electron chi connectivity index (χ3n) is 3.56. The molecule has 0 aromatic carbocycles. The summed E-state index contributed by atoms with van der Waals surface area (Å²) in [6.07, 6.45) is 6.83. The zero-order valence-electron chi connectivity index (χ0n) is 14.1. The summed E-state index contributed by atoms with van der Waals surface area (Å²) in [5.41, 5.74) is 0. The van der Waals surface area contributed by atoms with Gasteiger partial charge in [0.2, 0.25) is 0 Å². The van der Waals surface area contributed by atoms with Crippen molar-refractivity contribution in [2.45, 2.75) is 63.9 Å². The number of cyclic esters (lactones) is 1. The van der Waals surface area contributed by atoms with Gasteiger partial charge < -0.3 is 19.7 Å². The van der Waals surface area contributed by atoms with Crippen molar-refractivity contribution in [3.05, 3.63) is 36.5 Å². The topological polar surface area (TPSA) is 93.1 Å². The van der Waals surface area contributed by atoms with Gasteiger partial charge in [-0.15, -0.1) is 0 Å². The van der Waals surface area contributed by atoms with Crippen LogP contribution in [0.4, 0.5) is 0 Å². The molecule has 0 aromatic rings. The summed E-state index contributed by atoms with van der Waals surface area (Å²) in [6.45, 7) is 3.69. The lowest BCUT2D eigenvalue weighted by Gasteiger charge is -2.27. The van der Waals surface area contributed by atoms with Crippen molar-refractivity contribution in [2.75, 3.05) is 0 Å². The van der Waals surface area contributed by atoms with Crippen LogP contribution >= 0.6 is 0 Å². The van der Waals surface area contributed by atoms with Crippen molar-refractivity contribution in [3.63, 3.8) is 0 Å². The van der Waals surface area contributed by atoms with Crippen LogP contribution in [0, 0.1) is 0 Å². The summed E-state index contributed by atoms with van der Waals surface area (Å²) in [5.74, 6) is -1.34. The molecular formula is C18H26O6. The fourth-order valence-corrected chi connectivity index (χ4v) is 2.28. The maximum Gasteiger partial charge on any atom is 0.347 e. The van der Waals surface area contributed by atoms with Gasteiger partial charge in [0.1, 0.15) is 18.3 Å². The summed E-state index contributed by atoms with van der Waals surface area (Å²) in [6, 6.07) is 0. The molecule has 1 rings (SSSR count). The minimum Gasteiger partial charge on any atom is -0.457 e. The molecule has 134 valence electrons. The smallest absolute Gasteiger partial charge is 0.347 e. The van der Waals surface area contributed by atoms with E-state index in [9.17, 15) is 19.8 Å². The lowest BCUT2D eigenvalue weighted by Crippen LogP contribution is -2.42. The Morgan fingerprint density at radius 2 is 2.17 bits per heavy atom. The Hall–Kier alpha value is -1.92. The van der Waals surface area contributed by atoms with Gasteiger partial charge in [-0.2, -0.15) is 0 Å². The average molecular weight is 338 g/mol. The molecule has 0 radical (unpaired) electrons. The summed E-state index contributed by atoms with van der Waals surface area (Å²) >= 11 is 0. The second kappa shape index (κ2) is 10.8. The maximum atomic E-state index is 12.3. The number of hydrogen-bond acceptors (Lipinski definition) is 6. The van der Waals surface area contributed by atoms with Crippen LogP contribution in [0.3, 0.4) is 0 Å². The molecule has 0 saturated heterocycles. The number of carbonyl (C=O) groups is 2. The Morgan fingerprint density at radius 3 is 2.83 bits per heavy atom. The standard InChI is InChI=1S/C18H26O6/c1-3-5-6-12-16(20)23-15-11-8-7-10-13(19)17(21)14(9-4-2)24-18(15)22/h3,5-7,10,12-15,17,19,21H,4,8-9,11H2,1-2H3/b5-3+,10-7+,12-6-/t13-,14+,15+,17-/m0/s1. The molecule has 0 aliphatic carbocycles. The second-order valence-corrected chi connectivity index (χ2v) is 5.56. The van der Waals surface area contributed by atoms with Crippen LogP contribution in [0.5, 0.6) is 0 Å². The predicted molar refractivity (Wildman–Crippen MR) is 89.0 cm³/mol. The molecule has 1 aliphatic heterocycles. The molecule has 0 unspecified atom stereocenters. The predicted octanol–water partition coefficient (Wildman–Crippen LogP) is 1.81.